The first-order valence-corrected chi connectivity index (χ1v) is 7.27. The number of rotatable bonds is 8. The van der Waals surface area contributed by atoms with Crippen molar-refractivity contribution in [1.29, 1.82) is 0 Å². The zero-order valence-electron chi connectivity index (χ0n) is 11.4. The third kappa shape index (κ3) is 5.14. The molecule has 0 radical (unpaired) electrons. The van der Waals surface area contributed by atoms with Gasteiger partial charge in [0.1, 0.15) is 6.04 Å². The van der Waals surface area contributed by atoms with Crippen molar-refractivity contribution >= 4 is 17.3 Å². The molecule has 0 bridgehead atoms. The van der Waals surface area contributed by atoms with Gasteiger partial charge in [0.2, 0.25) is 0 Å². The van der Waals surface area contributed by atoms with E-state index in [0.717, 1.165) is 42.9 Å². The summed E-state index contributed by atoms with van der Waals surface area (Å²) in [5.74, 6) is -0.169. The minimum absolute atomic E-state index is 0.169. The van der Waals surface area contributed by atoms with Gasteiger partial charge in [-0.1, -0.05) is 19.8 Å². The van der Waals surface area contributed by atoms with Crippen molar-refractivity contribution in [3.05, 3.63) is 16.1 Å². The van der Waals surface area contributed by atoms with Crippen molar-refractivity contribution in [3.8, 4) is 0 Å². The highest BCUT2D eigenvalue weighted by molar-refractivity contribution is 7.09. The van der Waals surface area contributed by atoms with Crippen LogP contribution in [-0.2, 0) is 16.0 Å². The molecule has 0 aliphatic heterocycles. The number of thiazole rings is 1. The molecule has 1 aromatic heterocycles. The summed E-state index contributed by atoms with van der Waals surface area (Å²) in [6, 6.07) is -0.185. The topological polar surface area (TPSA) is 51.2 Å². The van der Waals surface area contributed by atoms with E-state index >= 15 is 0 Å². The number of esters is 1. The van der Waals surface area contributed by atoms with E-state index in [9.17, 15) is 4.79 Å². The number of ether oxygens (including phenoxy) is 1. The normalized spacial score (nSPS) is 12.4. The number of carbonyl (C=O) groups is 1. The number of hydrogen-bond acceptors (Lipinski definition) is 5. The van der Waals surface area contributed by atoms with Crippen LogP contribution in [0.1, 0.15) is 36.9 Å². The molecule has 1 unspecified atom stereocenters. The Balaban J connectivity index is 2.34. The van der Waals surface area contributed by atoms with Gasteiger partial charge in [0, 0.05) is 18.3 Å². The smallest absolute Gasteiger partial charge is 0.322 e. The first kappa shape index (κ1) is 15.1. The zero-order chi connectivity index (χ0) is 13.4. The molecule has 102 valence electrons. The summed E-state index contributed by atoms with van der Waals surface area (Å²) in [5, 5.41) is 6.40. The summed E-state index contributed by atoms with van der Waals surface area (Å²) >= 11 is 1.66. The summed E-state index contributed by atoms with van der Waals surface area (Å²) in [7, 11) is 1.44. The second-order valence-electron chi connectivity index (χ2n) is 4.28. The van der Waals surface area contributed by atoms with E-state index in [0.29, 0.717) is 0 Å². The lowest BCUT2D eigenvalue weighted by atomic mass is 10.1. The third-order valence-corrected chi connectivity index (χ3v) is 3.59. The molecular formula is C13H22N2O2S. The lowest BCUT2D eigenvalue weighted by molar-refractivity contribution is -0.143. The van der Waals surface area contributed by atoms with E-state index in [4.69, 9.17) is 4.74 Å². The molecular weight excluding hydrogens is 248 g/mol. The number of aryl methyl sites for hydroxylation is 1. The van der Waals surface area contributed by atoms with Crippen molar-refractivity contribution in [1.82, 2.24) is 10.3 Å². The molecule has 1 rings (SSSR count). The van der Waals surface area contributed by atoms with Gasteiger partial charge >= 0.3 is 5.97 Å². The summed E-state index contributed by atoms with van der Waals surface area (Å²) < 4.78 is 4.80. The third-order valence-electron chi connectivity index (χ3n) is 2.77. The quantitative estimate of drug-likeness (QED) is 0.737. The molecule has 0 amide bonds. The molecule has 0 saturated carbocycles. The summed E-state index contributed by atoms with van der Waals surface area (Å²) in [4.78, 5) is 16.0. The fourth-order valence-electron chi connectivity index (χ4n) is 1.75. The highest BCUT2D eigenvalue weighted by Gasteiger charge is 2.17. The lowest BCUT2D eigenvalue weighted by Gasteiger charge is -2.15. The second-order valence-corrected chi connectivity index (χ2v) is 5.34. The van der Waals surface area contributed by atoms with E-state index in [-0.39, 0.29) is 12.0 Å². The van der Waals surface area contributed by atoms with Crippen molar-refractivity contribution in [2.24, 2.45) is 0 Å². The second kappa shape index (κ2) is 8.21. The number of hydrogen-bond donors (Lipinski definition) is 1. The van der Waals surface area contributed by atoms with Crippen LogP contribution in [0, 0.1) is 6.92 Å². The molecule has 18 heavy (non-hydrogen) atoms. The van der Waals surface area contributed by atoms with E-state index in [1.807, 2.05) is 6.92 Å². The van der Waals surface area contributed by atoms with Gasteiger partial charge in [0.05, 0.1) is 17.8 Å². The number of nitrogens with one attached hydrogen (secondary N) is 1. The van der Waals surface area contributed by atoms with E-state index in [2.05, 4.69) is 22.6 Å². The van der Waals surface area contributed by atoms with Crippen LogP contribution in [0.4, 0.5) is 0 Å². The van der Waals surface area contributed by atoms with E-state index < -0.39 is 0 Å². The van der Waals surface area contributed by atoms with Crippen LogP contribution in [-0.4, -0.2) is 30.6 Å². The molecule has 0 spiro atoms. The van der Waals surface area contributed by atoms with Crippen LogP contribution in [0.15, 0.2) is 5.38 Å². The van der Waals surface area contributed by atoms with Crippen molar-refractivity contribution in [3.63, 3.8) is 0 Å². The summed E-state index contributed by atoms with van der Waals surface area (Å²) in [6.07, 6.45) is 3.80. The highest BCUT2D eigenvalue weighted by atomic mass is 32.1. The molecule has 1 aromatic rings. The van der Waals surface area contributed by atoms with Gasteiger partial charge in [0.15, 0.2) is 0 Å². The maximum Gasteiger partial charge on any atom is 0.322 e. The molecule has 0 aromatic carbocycles. The first-order valence-electron chi connectivity index (χ1n) is 6.39. The Bertz CT molecular complexity index is 366. The van der Waals surface area contributed by atoms with Gasteiger partial charge in [-0.2, -0.15) is 0 Å². The largest absolute Gasteiger partial charge is 0.468 e. The van der Waals surface area contributed by atoms with Crippen LogP contribution in [0.25, 0.3) is 0 Å². The van der Waals surface area contributed by atoms with Crippen LogP contribution in [0.2, 0.25) is 0 Å². The van der Waals surface area contributed by atoms with E-state index in [1.54, 1.807) is 11.3 Å². The van der Waals surface area contributed by atoms with Gasteiger partial charge in [-0.25, -0.2) is 4.98 Å². The minimum atomic E-state index is -0.185. The average molecular weight is 270 g/mol. The first-order chi connectivity index (χ1) is 8.67. The van der Waals surface area contributed by atoms with Crippen molar-refractivity contribution in [2.45, 2.75) is 45.6 Å². The van der Waals surface area contributed by atoms with Gasteiger partial charge in [-0.3, -0.25) is 4.79 Å². The lowest BCUT2D eigenvalue weighted by Crippen LogP contribution is -2.38. The van der Waals surface area contributed by atoms with E-state index in [1.165, 1.54) is 7.11 Å². The molecule has 0 fully saturated rings. The van der Waals surface area contributed by atoms with Gasteiger partial charge in [0.25, 0.3) is 0 Å². The SMILES string of the molecule is CCCCC(NCCc1csc(C)n1)C(=O)OC. The molecule has 0 aliphatic rings. The molecule has 4 nitrogen and oxygen atoms in total. The molecule has 0 aliphatic carbocycles. The molecule has 1 N–H and O–H groups in total. The molecule has 0 saturated heterocycles. The Hall–Kier alpha value is -0.940. The molecule has 1 heterocycles. The monoisotopic (exact) mass is 270 g/mol. The van der Waals surface area contributed by atoms with Crippen LogP contribution >= 0.6 is 11.3 Å². The van der Waals surface area contributed by atoms with Crippen molar-refractivity contribution < 1.29 is 9.53 Å². The Morgan fingerprint density at radius 3 is 2.94 bits per heavy atom. The van der Waals surface area contributed by atoms with Gasteiger partial charge in [-0.15, -0.1) is 11.3 Å². The van der Waals surface area contributed by atoms with Gasteiger partial charge < -0.3 is 10.1 Å². The average Bonchev–Trinajstić information content (AvgIpc) is 2.78. The van der Waals surface area contributed by atoms with Crippen molar-refractivity contribution in [2.75, 3.05) is 13.7 Å². The summed E-state index contributed by atoms with van der Waals surface area (Å²) in [5.41, 5.74) is 1.09. The Morgan fingerprint density at radius 2 is 2.39 bits per heavy atom. The Labute approximate surface area is 113 Å². The van der Waals surface area contributed by atoms with Crippen LogP contribution in [0.3, 0.4) is 0 Å². The number of carbonyl (C=O) groups excluding carboxylic acids is 1. The Kier molecular flexibility index (Phi) is 6.90. The number of methoxy groups -OCH3 is 1. The molecule has 5 heteroatoms. The zero-order valence-corrected chi connectivity index (χ0v) is 12.2. The Morgan fingerprint density at radius 1 is 1.61 bits per heavy atom. The maximum absolute atomic E-state index is 11.6. The predicted molar refractivity (Wildman–Crippen MR) is 73.9 cm³/mol. The fraction of sp³-hybridized carbons (Fsp3) is 0.692. The fourth-order valence-corrected chi connectivity index (χ4v) is 2.40. The number of unbranched alkanes of at least 4 members (excludes halogenated alkanes) is 1. The van der Waals surface area contributed by atoms with Crippen LogP contribution in [0.5, 0.6) is 0 Å². The number of aromatic nitrogens is 1. The highest BCUT2D eigenvalue weighted by Crippen LogP contribution is 2.08. The van der Waals surface area contributed by atoms with Crippen LogP contribution < -0.4 is 5.32 Å². The molecule has 1 atom stereocenters. The predicted octanol–water partition coefficient (Wildman–Crippen LogP) is 2.32. The number of nitrogens with zero attached hydrogens (tertiary/aromatic N) is 1. The minimum Gasteiger partial charge on any atom is -0.468 e. The maximum atomic E-state index is 11.6. The standard InChI is InChI=1S/C13H22N2O2S/c1-4-5-6-12(13(16)17-3)14-8-7-11-9-18-10(2)15-11/h9,12,14H,4-8H2,1-3H3. The summed E-state index contributed by atoms with van der Waals surface area (Å²) in [6.45, 7) is 4.87. The van der Waals surface area contributed by atoms with Gasteiger partial charge in [-0.05, 0) is 13.3 Å².